The van der Waals surface area contributed by atoms with Crippen molar-refractivity contribution in [2.24, 2.45) is 0 Å². The van der Waals surface area contributed by atoms with Gasteiger partial charge in [-0.2, -0.15) is 5.26 Å². The van der Waals surface area contributed by atoms with E-state index in [0.717, 1.165) is 12.2 Å². The van der Waals surface area contributed by atoms with Crippen LogP contribution in [0.5, 0.6) is 5.75 Å². The third kappa shape index (κ3) is 4.01. The second-order valence-electron chi connectivity index (χ2n) is 3.35. The average molecular weight is 205 g/mol. The summed E-state index contributed by atoms with van der Waals surface area (Å²) in [5.74, 6) is 0.734. The summed E-state index contributed by atoms with van der Waals surface area (Å²) < 4.78 is 10.6. The highest BCUT2D eigenvalue weighted by atomic mass is 16.5. The van der Waals surface area contributed by atoms with Crippen molar-refractivity contribution in [3.8, 4) is 11.8 Å². The first-order valence-corrected chi connectivity index (χ1v) is 4.92. The molecule has 0 bridgehead atoms. The molecule has 0 aromatic heterocycles. The number of ether oxygens (including phenoxy) is 2. The standard InChI is InChI=1S/C12H15NO2/c1-10(6-7-14-2)15-12-5-3-4-11(8-12)9-13/h3-5,8,10H,6-7H2,1-2H3. The lowest BCUT2D eigenvalue weighted by Gasteiger charge is -2.14. The zero-order valence-corrected chi connectivity index (χ0v) is 9.06. The normalized spacial score (nSPS) is 11.8. The number of nitriles is 1. The van der Waals surface area contributed by atoms with E-state index in [1.165, 1.54) is 0 Å². The molecule has 1 unspecified atom stereocenters. The van der Waals surface area contributed by atoms with Crippen LogP contribution >= 0.6 is 0 Å². The Morgan fingerprint density at radius 3 is 2.93 bits per heavy atom. The molecule has 0 amide bonds. The predicted molar refractivity (Wildman–Crippen MR) is 57.7 cm³/mol. The molecule has 0 spiro atoms. The first-order chi connectivity index (χ1) is 7.26. The van der Waals surface area contributed by atoms with Crippen molar-refractivity contribution in [3.63, 3.8) is 0 Å². The summed E-state index contributed by atoms with van der Waals surface area (Å²) in [6.07, 6.45) is 0.937. The summed E-state index contributed by atoms with van der Waals surface area (Å²) in [6, 6.07) is 9.24. The Morgan fingerprint density at radius 2 is 2.27 bits per heavy atom. The van der Waals surface area contributed by atoms with Crippen LogP contribution in [0.4, 0.5) is 0 Å². The Kier molecular flexibility index (Phi) is 4.65. The Balaban J connectivity index is 2.53. The highest BCUT2D eigenvalue weighted by Crippen LogP contribution is 2.15. The molecular weight excluding hydrogens is 190 g/mol. The number of nitrogens with zero attached hydrogens (tertiary/aromatic N) is 1. The first-order valence-electron chi connectivity index (χ1n) is 4.92. The van der Waals surface area contributed by atoms with Crippen molar-refractivity contribution in [2.45, 2.75) is 19.4 Å². The van der Waals surface area contributed by atoms with Crippen molar-refractivity contribution >= 4 is 0 Å². The van der Waals surface area contributed by atoms with Gasteiger partial charge in [-0.05, 0) is 25.1 Å². The van der Waals surface area contributed by atoms with Crippen molar-refractivity contribution < 1.29 is 9.47 Å². The van der Waals surface area contributed by atoms with Crippen LogP contribution < -0.4 is 4.74 Å². The summed E-state index contributed by atoms with van der Waals surface area (Å²) in [4.78, 5) is 0. The van der Waals surface area contributed by atoms with Gasteiger partial charge in [-0.1, -0.05) is 6.07 Å². The zero-order chi connectivity index (χ0) is 11.1. The molecule has 1 atom stereocenters. The highest BCUT2D eigenvalue weighted by Gasteiger charge is 2.03. The van der Waals surface area contributed by atoms with Crippen LogP contribution in [-0.4, -0.2) is 19.8 Å². The maximum Gasteiger partial charge on any atom is 0.121 e. The molecule has 0 radical (unpaired) electrons. The molecule has 0 N–H and O–H groups in total. The van der Waals surface area contributed by atoms with Crippen LogP contribution in [0.25, 0.3) is 0 Å². The Hall–Kier alpha value is -1.53. The summed E-state index contributed by atoms with van der Waals surface area (Å²) in [5, 5.41) is 8.71. The lowest BCUT2D eigenvalue weighted by molar-refractivity contribution is 0.135. The second kappa shape index (κ2) is 6.05. The fourth-order valence-corrected chi connectivity index (χ4v) is 1.21. The van der Waals surface area contributed by atoms with Gasteiger partial charge in [-0.3, -0.25) is 0 Å². The van der Waals surface area contributed by atoms with Gasteiger partial charge in [-0.25, -0.2) is 0 Å². The fraction of sp³-hybridized carbons (Fsp3) is 0.417. The minimum absolute atomic E-state index is 0.0962. The van der Waals surface area contributed by atoms with E-state index in [0.29, 0.717) is 12.2 Å². The predicted octanol–water partition coefficient (Wildman–Crippen LogP) is 2.36. The van der Waals surface area contributed by atoms with Gasteiger partial charge in [-0.15, -0.1) is 0 Å². The minimum atomic E-state index is 0.0962. The molecular formula is C12H15NO2. The molecule has 80 valence electrons. The number of hydrogen-bond donors (Lipinski definition) is 0. The van der Waals surface area contributed by atoms with E-state index in [1.54, 1.807) is 19.2 Å². The molecule has 3 heteroatoms. The summed E-state index contributed by atoms with van der Waals surface area (Å²) in [7, 11) is 1.67. The summed E-state index contributed by atoms with van der Waals surface area (Å²) in [5.41, 5.74) is 0.617. The van der Waals surface area contributed by atoms with E-state index in [2.05, 4.69) is 6.07 Å². The molecule has 0 aliphatic heterocycles. The van der Waals surface area contributed by atoms with Gasteiger partial charge in [0.1, 0.15) is 5.75 Å². The van der Waals surface area contributed by atoms with Crippen molar-refractivity contribution in [1.82, 2.24) is 0 Å². The molecule has 1 aromatic carbocycles. The van der Waals surface area contributed by atoms with Gasteiger partial charge >= 0.3 is 0 Å². The third-order valence-electron chi connectivity index (χ3n) is 2.03. The first kappa shape index (κ1) is 11.5. The molecule has 0 saturated carbocycles. The van der Waals surface area contributed by atoms with Crippen LogP contribution in [0, 0.1) is 11.3 Å². The molecule has 0 heterocycles. The lowest BCUT2D eigenvalue weighted by Crippen LogP contribution is -2.14. The lowest BCUT2D eigenvalue weighted by atomic mass is 10.2. The minimum Gasteiger partial charge on any atom is -0.491 e. The number of rotatable bonds is 5. The van der Waals surface area contributed by atoms with Crippen molar-refractivity contribution in [2.75, 3.05) is 13.7 Å². The molecule has 0 aliphatic rings. The number of hydrogen-bond acceptors (Lipinski definition) is 3. The Labute approximate surface area is 90.2 Å². The number of benzene rings is 1. The van der Waals surface area contributed by atoms with Crippen LogP contribution in [0.15, 0.2) is 24.3 Å². The van der Waals surface area contributed by atoms with E-state index < -0.39 is 0 Å². The molecule has 0 saturated heterocycles. The van der Waals surface area contributed by atoms with Gasteiger partial charge in [0.25, 0.3) is 0 Å². The van der Waals surface area contributed by atoms with Gasteiger partial charge in [0, 0.05) is 20.1 Å². The molecule has 0 fully saturated rings. The van der Waals surface area contributed by atoms with Crippen LogP contribution in [-0.2, 0) is 4.74 Å². The second-order valence-corrected chi connectivity index (χ2v) is 3.35. The van der Waals surface area contributed by atoms with E-state index in [4.69, 9.17) is 14.7 Å². The SMILES string of the molecule is COCCC(C)Oc1cccc(C#N)c1. The topological polar surface area (TPSA) is 42.2 Å². The zero-order valence-electron chi connectivity index (χ0n) is 9.06. The monoisotopic (exact) mass is 205 g/mol. The van der Waals surface area contributed by atoms with Gasteiger partial charge < -0.3 is 9.47 Å². The highest BCUT2D eigenvalue weighted by molar-refractivity contribution is 5.36. The van der Waals surface area contributed by atoms with Gasteiger partial charge in [0.15, 0.2) is 0 Å². The van der Waals surface area contributed by atoms with Crippen molar-refractivity contribution in [3.05, 3.63) is 29.8 Å². The fourth-order valence-electron chi connectivity index (χ4n) is 1.21. The van der Waals surface area contributed by atoms with E-state index in [-0.39, 0.29) is 6.10 Å². The largest absolute Gasteiger partial charge is 0.491 e. The summed E-state index contributed by atoms with van der Waals surface area (Å²) >= 11 is 0. The van der Waals surface area contributed by atoms with Crippen LogP contribution in [0.2, 0.25) is 0 Å². The Morgan fingerprint density at radius 1 is 1.47 bits per heavy atom. The maximum absolute atomic E-state index is 8.71. The smallest absolute Gasteiger partial charge is 0.121 e. The average Bonchev–Trinajstić information content (AvgIpc) is 2.26. The van der Waals surface area contributed by atoms with Crippen LogP contribution in [0.1, 0.15) is 18.9 Å². The van der Waals surface area contributed by atoms with E-state index >= 15 is 0 Å². The quantitative estimate of drug-likeness (QED) is 0.741. The van der Waals surface area contributed by atoms with E-state index in [9.17, 15) is 0 Å². The molecule has 1 aromatic rings. The van der Waals surface area contributed by atoms with Crippen molar-refractivity contribution in [1.29, 1.82) is 5.26 Å². The Bertz CT molecular complexity index is 344. The van der Waals surface area contributed by atoms with Crippen LogP contribution in [0.3, 0.4) is 0 Å². The number of methoxy groups -OCH3 is 1. The third-order valence-corrected chi connectivity index (χ3v) is 2.03. The van der Waals surface area contributed by atoms with Gasteiger partial charge in [0.2, 0.25) is 0 Å². The molecule has 0 aliphatic carbocycles. The summed E-state index contributed by atoms with van der Waals surface area (Å²) in [6.45, 7) is 2.66. The molecule has 3 nitrogen and oxygen atoms in total. The maximum atomic E-state index is 8.71. The van der Waals surface area contributed by atoms with E-state index in [1.807, 2.05) is 19.1 Å². The van der Waals surface area contributed by atoms with Gasteiger partial charge in [0.05, 0.1) is 17.7 Å². The molecule has 1 rings (SSSR count). The molecule has 15 heavy (non-hydrogen) atoms.